The number of amides is 1. The van der Waals surface area contributed by atoms with Crippen LogP contribution in [0, 0.1) is 5.41 Å². The molecular formula is C14H19BrN2O2. The van der Waals surface area contributed by atoms with E-state index < -0.39 is 0 Å². The van der Waals surface area contributed by atoms with Gasteiger partial charge in [0.1, 0.15) is 5.75 Å². The van der Waals surface area contributed by atoms with Gasteiger partial charge in [-0.1, -0.05) is 0 Å². The van der Waals surface area contributed by atoms with Crippen LogP contribution in [-0.2, 0) is 4.79 Å². The Balaban J connectivity index is 2.18. The zero-order valence-corrected chi connectivity index (χ0v) is 13.1. The molecule has 0 bridgehead atoms. The first-order chi connectivity index (χ1) is 9.04. The number of halogens is 1. The Bertz CT molecular complexity index is 486. The zero-order chi connectivity index (χ0) is 14.0. The fraction of sp³-hybridized carbons (Fsp3) is 0.500. The van der Waals surface area contributed by atoms with E-state index in [-0.39, 0.29) is 11.3 Å². The molecule has 0 heterocycles. The van der Waals surface area contributed by atoms with Crippen molar-refractivity contribution < 1.29 is 9.53 Å². The smallest absolute Gasteiger partial charge is 0.234 e. The Hall–Kier alpha value is -1.07. The molecule has 1 aromatic rings. The largest absolute Gasteiger partial charge is 0.496 e. The lowest BCUT2D eigenvalue weighted by Gasteiger charge is -2.24. The van der Waals surface area contributed by atoms with Gasteiger partial charge in [-0.2, -0.15) is 0 Å². The second kappa shape index (κ2) is 5.51. The van der Waals surface area contributed by atoms with Crippen molar-refractivity contribution in [2.24, 2.45) is 5.41 Å². The molecule has 0 spiro atoms. The highest BCUT2D eigenvalue weighted by Crippen LogP contribution is 2.47. The second-order valence-electron chi connectivity index (χ2n) is 4.99. The molecule has 1 aliphatic carbocycles. The van der Waals surface area contributed by atoms with E-state index >= 15 is 0 Å². The Kier molecular flexibility index (Phi) is 4.16. The van der Waals surface area contributed by atoms with Crippen LogP contribution in [0.5, 0.6) is 5.75 Å². The molecule has 0 unspecified atom stereocenters. The third kappa shape index (κ3) is 2.77. The number of rotatable bonds is 5. The van der Waals surface area contributed by atoms with Crippen LogP contribution in [0.3, 0.4) is 0 Å². The van der Waals surface area contributed by atoms with Crippen LogP contribution < -0.4 is 15.0 Å². The highest BCUT2D eigenvalue weighted by Gasteiger charge is 2.50. The van der Waals surface area contributed by atoms with Crippen LogP contribution >= 0.6 is 15.9 Å². The quantitative estimate of drug-likeness (QED) is 0.903. The summed E-state index contributed by atoms with van der Waals surface area (Å²) in [6.45, 7) is 0.744. The van der Waals surface area contributed by atoms with Crippen molar-refractivity contribution in [3.63, 3.8) is 0 Å². The van der Waals surface area contributed by atoms with Gasteiger partial charge in [-0.3, -0.25) is 4.79 Å². The van der Waals surface area contributed by atoms with E-state index in [0.29, 0.717) is 0 Å². The van der Waals surface area contributed by atoms with Crippen molar-refractivity contribution in [2.75, 3.05) is 32.6 Å². The minimum atomic E-state index is -0.199. The second-order valence-corrected chi connectivity index (χ2v) is 5.85. The molecule has 1 aromatic carbocycles. The molecule has 2 rings (SSSR count). The van der Waals surface area contributed by atoms with Crippen LogP contribution in [0.2, 0.25) is 0 Å². The van der Waals surface area contributed by atoms with Gasteiger partial charge < -0.3 is 15.0 Å². The Morgan fingerprint density at radius 2 is 2.21 bits per heavy atom. The maximum atomic E-state index is 12.5. The molecule has 1 amide bonds. The van der Waals surface area contributed by atoms with Crippen molar-refractivity contribution in [1.29, 1.82) is 0 Å². The predicted octanol–water partition coefficient (Wildman–Crippen LogP) is 2.42. The summed E-state index contributed by atoms with van der Waals surface area (Å²) in [4.78, 5) is 14.3. The number of ether oxygens (including phenoxy) is 1. The summed E-state index contributed by atoms with van der Waals surface area (Å²) in [5, 5.41) is 3.11. The number of hydrogen-bond acceptors (Lipinski definition) is 3. The number of anilines is 1. The molecule has 1 saturated carbocycles. The predicted molar refractivity (Wildman–Crippen MR) is 79.7 cm³/mol. The topological polar surface area (TPSA) is 41.6 Å². The Labute approximate surface area is 122 Å². The van der Waals surface area contributed by atoms with Gasteiger partial charge in [0.05, 0.1) is 17.0 Å². The number of benzene rings is 1. The summed E-state index contributed by atoms with van der Waals surface area (Å²) >= 11 is 3.45. The van der Waals surface area contributed by atoms with Crippen LogP contribution in [0.1, 0.15) is 12.8 Å². The summed E-state index contributed by atoms with van der Waals surface area (Å²) < 4.78 is 6.05. The molecule has 0 saturated heterocycles. The highest BCUT2D eigenvalue weighted by atomic mass is 79.9. The van der Waals surface area contributed by atoms with Crippen molar-refractivity contribution >= 4 is 27.5 Å². The minimum absolute atomic E-state index is 0.180. The average molecular weight is 327 g/mol. The van der Waals surface area contributed by atoms with Gasteiger partial charge in [0, 0.05) is 19.3 Å². The first kappa shape index (κ1) is 14.3. The van der Waals surface area contributed by atoms with E-state index in [1.807, 2.05) is 32.3 Å². The van der Waals surface area contributed by atoms with Crippen LogP contribution in [0.25, 0.3) is 0 Å². The lowest BCUT2D eigenvalue weighted by molar-refractivity contribution is -0.123. The van der Waals surface area contributed by atoms with Crippen LogP contribution in [-0.4, -0.2) is 33.7 Å². The van der Waals surface area contributed by atoms with E-state index in [1.165, 1.54) is 0 Å². The van der Waals surface area contributed by atoms with E-state index in [1.54, 1.807) is 12.0 Å². The Morgan fingerprint density at radius 1 is 1.53 bits per heavy atom. The number of carbonyl (C=O) groups is 1. The number of carbonyl (C=O) groups excluding carboxylic acids is 1. The van der Waals surface area contributed by atoms with Gasteiger partial charge in [0.25, 0.3) is 0 Å². The number of nitrogens with one attached hydrogen (secondary N) is 1. The molecule has 104 valence electrons. The van der Waals surface area contributed by atoms with Gasteiger partial charge in [0.2, 0.25) is 5.91 Å². The molecule has 19 heavy (non-hydrogen) atoms. The van der Waals surface area contributed by atoms with Gasteiger partial charge in [-0.25, -0.2) is 0 Å². The summed E-state index contributed by atoms with van der Waals surface area (Å²) in [6.07, 6.45) is 1.93. The van der Waals surface area contributed by atoms with Crippen LogP contribution in [0.15, 0.2) is 22.7 Å². The molecule has 1 N–H and O–H groups in total. The molecule has 0 radical (unpaired) electrons. The summed E-state index contributed by atoms with van der Waals surface area (Å²) in [6, 6.07) is 5.67. The van der Waals surface area contributed by atoms with E-state index in [4.69, 9.17) is 4.74 Å². The lowest BCUT2D eigenvalue weighted by Crippen LogP contribution is -2.39. The van der Waals surface area contributed by atoms with Crippen molar-refractivity contribution in [2.45, 2.75) is 12.8 Å². The van der Waals surface area contributed by atoms with Gasteiger partial charge in [-0.15, -0.1) is 0 Å². The van der Waals surface area contributed by atoms with Crippen molar-refractivity contribution in [3.8, 4) is 5.75 Å². The molecule has 1 aliphatic rings. The van der Waals surface area contributed by atoms with E-state index in [0.717, 1.165) is 35.3 Å². The summed E-state index contributed by atoms with van der Waals surface area (Å²) in [5.74, 6) is 0.944. The molecule has 0 atom stereocenters. The number of hydrogen-bond donors (Lipinski definition) is 1. The zero-order valence-electron chi connectivity index (χ0n) is 11.5. The molecule has 5 heteroatoms. The fourth-order valence-corrected chi connectivity index (χ4v) is 2.82. The highest BCUT2D eigenvalue weighted by molar-refractivity contribution is 9.10. The minimum Gasteiger partial charge on any atom is -0.496 e. The summed E-state index contributed by atoms with van der Waals surface area (Å²) in [7, 11) is 5.34. The molecule has 1 fully saturated rings. The maximum absolute atomic E-state index is 12.5. The molecular weight excluding hydrogens is 308 g/mol. The van der Waals surface area contributed by atoms with Crippen LogP contribution in [0.4, 0.5) is 5.69 Å². The van der Waals surface area contributed by atoms with Crippen molar-refractivity contribution in [1.82, 2.24) is 5.32 Å². The third-order valence-electron chi connectivity index (χ3n) is 3.65. The molecule has 0 aromatic heterocycles. The normalized spacial score (nSPS) is 16.0. The Morgan fingerprint density at radius 3 is 2.68 bits per heavy atom. The fourth-order valence-electron chi connectivity index (χ4n) is 2.29. The average Bonchev–Trinajstić information content (AvgIpc) is 3.18. The van der Waals surface area contributed by atoms with Gasteiger partial charge >= 0.3 is 0 Å². The lowest BCUT2D eigenvalue weighted by atomic mass is 10.1. The first-order valence-electron chi connectivity index (χ1n) is 6.30. The number of methoxy groups -OCH3 is 1. The standard InChI is InChI=1S/C14H19BrN2O2/c1-16-9-14(6-7-14)13(18)17(2)10-4-5-12(19-3)11(15)8-10/h4-5,8,16H,6-7,9H2,1-3H3. The van der Waals surface area contributed by atoms with Gasteiger partial charge in [0.15, 0.2) is 0 Å². The third-order valence-corrected chi connectivity index (χ3v) is 4.27. The molecule has 0 aliphatic heterocycles. The SMILES string of the molecule is CNCC1(C(=O)N(C)c2ccc(OC)c(Br)c2)CC1. The summed E-state index contributed by atoms with van der Waals surface area (Å²) in [5.41, 5.74) is 0.677. The monoisotopic (exact) mass is 326 g/mol. The maximum Gasteiger partial charge on any atom is 0.234 e. The first-order valence-corrected chi connectivity index (χ1v) is 7.10. The van der Waals surface area contributed by atoms with E-state index in [9.17, 15) is 4.79 Å². The van der Waals surface area contributed by atoms with Crippen molar-refractivity contribution in [3.05, 3.63) is 22.7 Å². The van der Waals surface area contributed by atoms with E-state index in [2.05, 4.69) is 21.2 Å². The van der Waals surface area contributed by atoms with Gasteiger partial charge in [-0.05, 0) is 54.0 Å². The number of nitrogens with zero attached hydrogens (tertiary/aromatic N) is 1. The molecule has 4 nitrogen and oxygen atoms in total.